The number of rotatable bonds is 5. The van der Waals surface area contributed by atoms with Crippen LogP contribution in [0.15, 0.2) is 42.5 Å². The zero-order valence-electron chi connectivity index (χ0n) is 20.2. The summed E-state index contributed by atoms with van der Waals surface area (Å²) in [7, 11) is 0. The summed E-state index contributed by atoms with van der Waals surface area (Å²) in [5.74, 6) is 0.584. The van der Waals surface area contributed by atoms with Crippen LogP contribution in [0.1, 0.15) is 75.8 Å². The van der Waals surface area contributed by atoms with E-state index in [0.29, 0.717) is 16.9 Å². The van der Waals surface area contributed by atoms with Crippen molar-refractivity contribution in [3.63, 3.8) is 0 Å². The van der Waals surface area contributed by atoms with Crippen molar-refractivity contribution in [1.82, 2.24) is 14.9 Å². The Morgan fingerprint density at radius 2 is 1.64 bits per heavy atom. The topological polar surface area (TPSA) is 46.9 Å². The number of fused-ring (bicyclic) bond motifs is 1. The molecule has 1 atom stereocenters. The Labute approximate surface area is 214 Å². The van der Waals surface area contributed by atoms with Crippen molar-refractivity contribution in [3.8, 4) is 11.4 Å². The first kappa shape index (κ1) is 25.1. The van der Waals surface area contributed by atoms with Crippen LogP contribution in [0.3, 0.4) is 0 Å². The number of hydrogen-bond donors (Lipinski definition) is 1. The number of para-hydroxylation sites is 2. The summed E-state index contributed by atoms with van der Waals surface area (Å²) in [5, 5.41) is 2.95. The van der Waals surface area contributed by atoms with Crippen molar-refractivity contribution in [1.29, 1.82) is 0 Å². The van der Waals surface area contributed by atoms with Crippen molar-refractivity contribution in [2.75, 3.05) is 0 Å². The fraction of sp³-hybridized carbons (Fsp3) is 0.500. The third-order valence-electron chi connectivity index (χ3n) is 7.72. The molecular weight excluding hydrogens is 487 g/mol. The fourth-order valence-corrected chi connectivity index (χ4v) is 6.23. The van der Waals surface area contributed by atoms with Crippen molar-refractivity contribution in [2.24, 2.45) is 5.92 Å². The van der Waals surface area contributed by atoms with Gasteiger partial charge in [-0.05, 0) is 55.9 Å². The Hall–Kier alpha value is -2.54. The number of imidazole rings is 1. The third kappa shape index (κ3) is 5.13. The summed E-state index contributed by atoms with van der Waals surface area (Å²) in [6.07, 6.45) is 5.99. The number of alkyl halides is 3. The van der Waals surface area contributed by atoms with Gasteiger partial charge in [-0.2, -0.15) is 13.2 Å². The van der Waals surface area contributed by atoms with E-state index in [9.17, 15) is 18.0 Å². The van der Waals surface area contributed by atoms with Crippen LogP contribution in [0, 0.1) is 5.92 Å². The lowest BCUT2D eigenvalue weighted by Crippen LogP contribution is -2.43. The van der Waals surface area contributed by atoms with Gasteiger partial charge in [-0.3, -0.25) is 4.79 Å². The molecule has 2 aliphatic rings. The summed E-state index contributed by atoms with van der Waals surface area (Å²) in [5.41, 5.74) is 1.10. The highest BCUT2D eigenvalue weighted by Gasteiger charge is 2.36. The van der Waals surface area contributed by atoms with E-state index in [-0.39, 0.29) is 22.9 Å². The molecule has 2 aromatic carbocycles. The monoisotopic (exact) mass is 517 g/mol. The van der Waals surface area contributed by atoms with Crippen LogP contribution in [0.5, 0.6) is 0 Å². The number of amides is 1. The number of carbonyl (C=O) groups is 1. The lowest BCUT2D eigenvalue weighted by atomic mass is 9.82. The predicted molar refractivity (Wildman–Crippen MR) is 136 cm³/mol. The van der Waals surface area contributed by atoms with E-state index in [1.54, 1.807) is 0 Å². The number of halogens is 4. The van der Waals surface area contributed by atoms with Gasteiger partial charge in [-0.1, -0.05) is 68.3 Å². The zero-order valence-corrected chi connectivity index (χ0v) is 20.9. The van der Waals surface area contributed by atoms with E-state index in [1.165, 1.54) is 18.6 Å². The molecule has 1 amide bonds. The largest absolute Gasteiger partial charge is 0.417 e. The quantitative estimate of drug-likeness (QED) is 0.373. The van der Waals surface area contributed by atoms with Crippen LogP contribution < -0.4 is 5.32 Å². The second-order valence-electron chi connectivity index (χ2n) is 10.2. The molecular formula is C28H31ClF3N3O. The Kier molecular flexibility index (Phi) is 7.29. The molecule has 1 heterocycles. The van der Waals surface area contributed by atoms with Crippen LogP contribution in [-0.2, 0) is 11.0 Å². The third-order valence-corrected chi connectivity index (χ3v) is 8.04. The van der Waals surface area contributed by atoms with Crippen LogP contribution in [0.4, 0.5) is 13.2 Å². The standard InChI is InChI=1S/C28H31ClF3N3O/c29-22-17-19(15-16-21(22)28(30,31)32)26-34-23-13-7-8-14-24(23)35(26)25(18-9-3-1-4-10-18)27(36)33-20-11-5-2-6-12-20/h7-8,13-18,20,25H,1-6,9-12H2,(H,33,36). The van der Waals surface area contributed by atoms with E-state index >= 15 is 0 Å². The average Bonchev–Trinajstić information content (AvgIpc) is 3.24. The summed E-state index contributed by atoms with van der Waals surface area (Å²) in [6.45, 7) is 0. The first-order chi connectivity index (χ1) is 17.3. The minimum absolute atomic E-state index is 0.0174. The first-order valence-corrected chi connectivity index (χ1v) is 13.3. The van der Waals surface area contributed by atoms with Crippen molar-refractivity contribution in [2.45, 2.75) is 82.5 Å². The molecule has 1 unspecified atom stereocenters. The number of aromatic nitrogens is 2. The molecule has 5 rings (SSSR count). The van der Waals surface area contributed by atoms with Gasteiger partial charge in [0.1, 0.15) is 11.9 Å². The molecule has 3 aromatic rings. The van der Waals surface area contributed by atoms with Crippen LogP contribution in [0.2, 0.25) is 5.02 Å². The smallest absolute Gasteiger partial charge is 0.352 e. The highest BCUT2D eigenvalue weighted by molar-refractivity contribution is 6.31. The van der Waals surface area contributed by atoms with Gasteiger partial charge in [0.25, 0.3) is 0 Å². The van der Waals surface area contributed by atoms with Crippen molar-refractivity contribution in [3.05, 3.63) is 53.1 Å². The van der Waals surface area contributed by atoms with Crippen LogP contribution >= 0.6 is 11.6 Å². The minimum atomic E-state index is -4.54. The molecule has 4 nitrogen and oxygen atoms in total. The molecule has 0 bridgehead atoms. The second-order valence-corrected chi connectivity index (χ2v) is 10.6. The summed E-state index contributed by atoms with van der Waals surface area (Å²) < 4.78 is 42.1. The Bertz CT molecular complexity index is 1230. The molecule has 36 heavy (non-hydrogen) atoms. The average molecular weight is 518 g/mol. The highest BCUT2D eigenvalue weighted by Crippen LogP contribution is 2.41. The second kappa shape index (κ2) is 10.4. The maximum absolute atomic E-state index is 14.0. The molecule has 8 heteroatoms. The van der Waals surface area contributed by atoms with Gasteiger partial charge in [-0.15, -0.1) is 0 Å². The normalized spacial score (nSPS) is 18.9. The SMILES string of the molecule is O=C(NC1CCCCC1)C(C1CCCCC1)n1c(-c2ccc(C(F)(F)F)c(Cl)c2)nc2ccccc21. The van der Waals surface area contributed by atoms with Gasteiger partial charge in [0.15, 0.2) is 0 Å². The first-order valence-electron chi connectivity index (χ1n) is 13.0. The Morgan fingerprint density at radius 1 is 0.972 bits per heavy atom. The Balaban J connectivity index is 1.62. The van der Waals surface area contributed by atoms with E-state index in [2.05, 4.69) is 5.32 Å². The van der Waals surface area contributed by atoms with Gasteiger partial charge >= 0.3 is 6.18 Å². The van der Waals surface area contributed by atoms with E-state index in [1.807, 2.05) is 28.8 Å². The van der Waals surface area contributed by atoms with Gasteiger partial charge < -0.3 is 9.88 Å². The molecule has 0 spiro atoms. The number of nitrogens with one attached hydrogen (secondary N) is 1. The van der Waals surface area contributed by atoms with Gasteiger partial charge in [0, 0.05) is 11.6 Å². The lowest BCUT2D eigenvalue weighted by molar-refractivity contribution is -0.137. The van der Waals surface area contributed by atoms with Gasteiger partial charge in [-0.25, -0.2) is 4.98 Å². The lowest BCUT2D eigenvalue weighted by Gasteiger charge is -2.33. The molecule has 1 aromatic heterocycles. The molecule has 2 saturated carbocycles. The summed E-state index contributed by atoms with van der Waals surface area (Å²) in [4.78, 5) is 18.8. The maximum atomic E-state index is 14.0. The molecule has 192 valence electrons. The Morgan fingerprint density at radius 3 is 2.31 bits per heavy atom. The molecule has 0 saturated heterocycles. The number of nitrogens with zero attached hydrogens (tertiary/aromatic N) is 2. The summed E-state index contributed by atoms with van der Waals surface area (Å²) >= 11 is 6.10. The van der Waals surface area contributed by atoms with E-state index < -0.39 is 17.8 Å². The molecule has 0 radical (unpaired) electrons. The minimum Gasteiger partial charge on any atom is -0.352 e. The maximum Gasteiger partial charge on any atom is 0.417 e. The van der Waals surface area contributed by atoms with Gasteiger partial charge in [0.2, 0.25) is 5.91 Å². The summed E-state index contributed by atoms with van der Waals surface area (Å²) in [6, 6.07) is 11.0. The fourth-order valence-electron chi connectivity index (χ4n) is 5.94. The van der Waals surface area contributed by atoms with Crippen LogP contribution in [0.25, 0.3) is 22.4 Å². The molecule has 0 aliphatic heterocycles. The molecule has 2 fully saturated rings. The van der Waals surface area contributed by atoms with Crippen molar-refractivity contribution < 1.29 is 18.0 Å². The number of benzene rings is 2. The van der Waals surface area contributed by atoms with Crippen LogP contribution in [-0.4, -0.2) is 21.5 Å². The van der Waals surface area contributed by atoms with E-state index in [4.69, 9.17) is 16.6 Å². The predicted octanol–water partition coefficient (Wildman–Crippen LogP) is 7.95. The van der Waals surface area contributed by atoms with E-state index in [0.717, 1.165) is 69.4 Å². The van der Waals surface area contributed by atoms with Gasteiger partial charge in [0.05, 0.1) is 21.6 Å². The molecule has 1 N–H and O–H groups in total. The molecule has 2 aliphatic carbocycles. The van der Waals surface area contributed by atoms with Crippen molar-refractivity contribution >= 4 is 28.5 Å². The number of hydrogen-bond acceptors (Lipinski definition) is 2. The zero-order chi connectivity index (χ0) is 25.3. The highest BCUT2D eigenvalue weighted by atomic mass is 35.5. The number of carbonyl (C=O) groups excluding carboxylic acids is 1.